The standard InChI is InChI=1S/C21H26F3N7O3S/c1-13(2)25-19(33)16-12-31(30-27-16)9-4-3-8-18-28-29-20(35-18)26-17(32)11-14-6-5-7-15(10-14)34-21(22,23)24/h5-7,10,12-13,17,32H,3-4,8-9,11H2,1-2H3,(H,25,33)(H,26,29). The number of carbonyl (C=O) groups is 1. The third-order valence-electron chi connectivity index (χ3n) is 4.54. The van der Waals surface area contributed by atoms with Crippen LogP contribution >= 0.6 is 11.3 Å². The van der Waals surface area contributed by atoms with E-state index in [1.807, 2.05) is 13.8 Å². The molecule has 3 N–H and O–H groups in total. The number of hydrogen-bond acceptors (Lipinski definition) is 9. The lowest BCUT2D eigenvalue weighted by Crippen LogP contribution is -2.30. The van der Waals surface area contributed by atoms with E-state index in [0.717, 1.165) is 17.8 Å². The zero-order valence-electron chi connectivity index (χ0n) is 19.1. The zero-order chi connectivity index (χ0) is 25.4. The van der Waals surface area contributed by atoms with Gasteiger partial charge in [0.1, 0.15) is 17.0 Å². The van der Waals surface area contributed by atoms with E-state index in [2.05, 4.69) is 35.9 Å². The molecule has 10 nitrogen and oxygen atoms in total. The molecular formula is C21H26F3N7O3S. The number of aryl methyl sites for hydroxylation is 2. The van der Waals surface area contributed by atoms with Gasteiger partial charge in [-0.15, -0.1) is 28.5 Å². The van der Waals surface area contributed by atoms with Crippen molar-refractivity contribution < 1.29 is 27.8 Å². The quantitative estimate of drug-likeness (QED) is 0.249. The minimum Gasteiger partial charge on any atom is -0.406 e. The highest BCUT2D eigenvalue weighted by Crippen LogP contribution is 2.24. The number of ether oxygens (including phenoxy) is 1. The normalized spacial score (nSPS) is 12.5. The molecule has 3 rings (SSSR count). The van der Waals surface area contributed by atoms with Crippen LogP contribution in [-0.4, -0.2) is 54.8 Å². The fraction of sp³-hybridized carbons (Fsp3) is 0.476. The minimum absolute atomic E-state index is 0.0177. The maximum atomic E-state index is 12.4. The first-order valence-corrected chi connectivity index (χ1v) is 11.7. The maximum absolute atomic E-state index is 12.4. The van der Waals surface area contributed by atoms with E-state index in [4.69, 9.17) is 0 Å². The van der Waals surface area contributed by atoms with Gasteiger partial charge in [-0.25, -0.2) is 0 Å². The molecular weight excluding hydrogens is 487 g/mol. The van der Waals surface area contributed by atoms with Crippen molar-refractivity contribution in [2.75, 3.05) is 5.32 Å². The Morgan fingerprint density at radius 1 is 1.23 bits per heavy atom. The number of halogens is 3. The van der Waals surface area contributed by atoms with Gasteiger partial charge in [0.2, 0.25) is 5.13 Å². The molecule has 35 heavy (non-hydrogen) atoms. The Bertz CT molecular complexity index is 1100. The van der Waals surface area contributed by atoms with Crippen LogP contribution in [0.15, 0.2) is 30.5 Å². The molecule has 1 atom stereocenters. The lowest BCUT2D eigenvalue weighted by Gasteiger charge is -2.13. The molecule has 0 saturated carbocycles. The number of aromatic nitrogens is 5. The highest BCUT2D eigenvalue weighted by molar-refractivity contribution is 7.15. The van der Waals surface area contributed by atoms with Crippen molar-refractivity contribution >= 4 is 22.4 Å². The summed E-state index contributed by atoms with van der Waals surface area (Å²) < 4.78 is 42.6. The molecule has 2 heterocycles. The SMILES string of the molecule is CC(C)NC(=O)c1cn(CCCCc2nnc(NC(O)Cc3cccc(OC(F)(F)F)c3)s2)nn1. The molecule has 0 saturated heterocycles. The summed E-state index contributed by atoms with van der Waals surface area (Å²) in [4.78, 5) is 11.9. The van der Waals surface area contributed by atoms with E-state index in [1.165, 1.54) is 29.5 Å². The summed E-state index contributed by atoms with van der Waals surface area (Å²) in [5, 5.41) is 32.9. The van der Waals surface area contributed by atoms with E-state index in [0.29, 0.717) is 23.7 Å². The highest BCUT2D eigenvalue weighted by atomic mass is 32.1. The summed E-state index contributed by atoms with van der Waals surface area (Å²) in [5.74, 6) is -0.606. The van der Waals surface area contributed by atoms with E-state index in [9.17, 15) is 23.1 Å². The van der Waals surface area contributed by atoms with Gasteiger partial charge in [0.05, 0.1) is 6.20 Å². The summed E-state index contributed by atoms with van der Waals surface area (Å²) in [6, 6.07) is 5.45. The molecule has 0 aliphatic rings. The van der Waals surface area contributed by atoms with Crippen molar-refractivity contribution in [1.29, 1.82) is 0 Å². The number of carbonyl (C=O) groups excluding carboxylic acids is 1. The molecule has 0 aliphatic heterocycles. The molecule has 1 amide bonds. The maximum Gasteiger partial charge on any atom is 0.573 e. The zero-order valence-corrected chi connectivity index (χ0v) is 19.9. The van der Waals surface area contributed by atoms with Crippen molar-refractivity contribution in [2.24, 2.45) is 0 Å². The van der Waals surface area contributed by atoms with Crippen molar-refractivity contribution in [3.8, 4) is 5.75 Å². The number of nitrogens with one attached hydrogen (secondary N) is 2. The number of nitrogens with zero attached hydrogens (tertiary/aromatic N) is 5. The van der Waals surface area contributed by atoms with Gasteiger partial charge in [-0.05, 0) is 44.4 Å². The number of unbranched alkanes of at least 4 members (excludes halogenated alkanes) is 1. The second-order valence-corrected chi connectivity index (χ2v) is 9.07. The largest absolute Gasteiger partial charge is 0.573 e. The average molecular weight is 514 g/mol. The Hall–Kier alpha value is -3.26. The highest BCUT2D eigenvalue weighted by Gasteiger charge is 2.31. The smallest absolute Gasteiger partial charge is 0.406 e. The van der Waals surface area contributed by atoms with E-state index in [-0.39, 0.29) is 29.8 Å². The molecule has 3 aromatic rings. The second-order valence-electron chi connectivity index (χ2n) is 8.01. The van der Waals surface area contributed by atoms with Crippen molar-refractivity contribution in [3.63, 3.8) is 0 Å². The summed E-state index contributed by atoms with van der Waals surface area (Å²) in [5.41, 5.74) is 0.742. The number of aliphatic hydroxyl groups excluding tert-OH is 1. The van der Waals surface area contributed by atoms with Crippen LogP contribution in [-0.2, 0) is 19.4 Å². The first-order chi connectivity index (χ1) is 16.6. The molecule has 14 heteroatoms. The molecule has 190 valence electrons. The van der Waals surface area contributed by atoms with Crippen molar-refractivity contribution in [1.82, 2.24) is 30.5 Å². The Balaban J connectivity index is 1.40. The average Bonchev–Trinajstić information content (AvgIpc) is 3.39. The van der Waals surface area contributed by atoms with Gasteiger partial charge < -0.3 is 20.5 Å². The number of aliphatic hydroxyl groups is 1. The Kier molecular flexibility index (Phi) is 8.98. The molecule has 1 unspecified atom stereocenters. The Morgan fingerprint density at radius 3 is 2.77 bits per heavy atom. The Morgan fingerprint density at radius 2 is 2.03 bits per heavy atom. The molecule has 0 fully saturated rings. The third kappa shape index (κ3) is 9.13. The lowest BCUT2D eigenvalue weighted by atomic mass is 10.1. The fourth-order valence-electron chi connectivity index (χ4n) is 3.10. The third-order valence-corrected chi connectivity index (χ3v) is 5.45. The van der Waals surface area contributed by atoms with Crippen LogP contribution in [0, 0.1) is 0 Å². The van der Waals surface area contributed by atoms with Crippen LogP contribution < -0.4 is 15.4 Å². The first kappa shape index (κ1) is 26.3. The van der Waals surface area contributed by atoms with Crippen molar-refractivity contribution in [2.45, 2.75) is 64.7 Å². The number of hydrogen-bond donors (Lipinski definition) is 3. The van der Waals surface area contributed by atoms with Crippen LogP contribution in [0.5, 0.6) is 5.75 Å². The van der Waals surface area contributed by atoms with Crippen LogP contribution in [0.25, 0.3) is 0 Å². The number of rotatable bonds is 12. The molecule has 1 aromatic carbocycles. The predicted molar refractivity (Wildman–Crippen MR) is 122 cm³/mol. The number of alkyl halides is 3. The molecule has 0 spiro atoms. The van der Waals surface area contributed by atoms with E-state index >= 15 is 0 Å². The monoisotopic (exact) mass is 513 g/mol. The van der Waals surface area contributed by atoms with E-state index < -0.39 is 12.6 Å². The van der Waals surface area contributed by atoms with Gasteiger partial charge in [-0.1, -0.05) is 28.7 Å². The van der Waals surface area contributed by atoms with Gasteiger partial charge in [-0.2, -0.15) is 0 Å². The summed E-state index contributed by atoms with van der Waals surface area (Å²) >= 11 is 1.29. The van der Waals surface area contributed by atoms with Gasteiger partial charge >= 0.3 is 6.36 Å². The Labute approximate surface area is 203 Å². The first-order valence-electron chi connectivity index (χ1n) is 10.9. The topological polar surface area (TPSA) is 127 Å². The molecule has 2 aromatic heterocycles. The van der Waals surface area contributed by atoms with Crippen LogP contribution in [0.3, 0.4) is 0 Å². The number of benzene rings is 1. The van der Waals surface area contributed by atoms with Gasteiger partial charge in [0.25, 0.3) is 5.91 Å². The van der Waals surface area contributed by atoms with Gasteiger partial charge in [-0.3, -0.25) is 9.48 Å². The summed E-state index contributed by atoms with van der Waals surface area (Å²) in [6.07, 6.45) is -1.92. The van der Waals surface area contributed by atoms with Crippen LogP contribution in [0.2, 0.25) is 0 Å². The molecule has 0 aliphatic carbocycles. The number of amides is 1. The molecule has 0 bridgehead atoms. The number of anilines is 1. The van der Waals surface area contributed by atoms with Gasteiger partial charge in [0, 0.05) is 25.4 Å². The van der Waals surface area contributed by atoms with Crippen LogP contribution in [0.4, 0.5) is 18.3 Å². The predicted octanol–water partition coefficient (Wildman–Crippen LogP) is 3.16. The minimum atomic E-state index is -4.78. The fourth-order valence-corrected chi connectivity index (χ4v) is 3.93. The van der Waals surface area contributed by atoms with Gasteiger partial charge in [0.15, 0.2) is 5.69 Å². The van der Waals surface area contributed by atoms with E-state index in [1.54, 1.807) is 16.9 Å². The van der Waals surface area contributed by atoms with Crippen LogP contribution in [0.1, 0.15) is 47.7 Å². The lowest BCUT2D eigenvalue weighted by molar-refractivity contribution is -0.274. The summed E-state index contributed by atoms with van der Waals surface area (Å²) in [7, 11) is 0. The summed E-state index contributed by atoms with van der Waals surface area (Å²) in [6.45, 7) is 4.34. The molecule has 0 radical (unpaired) electrons. The second kappa shape index (κ2) is 11.9. The van der Waals surface area contributed by atoms with Crippen molar-refractivity contribution in [3.05, 3.63) is 46.7 Å².